The Balaban J connectivity index is 1.89. The molecule has 5 nitrogen and oxygen atoms in total. The number of nitrogens with zero attached hydrogens (tertiary/aromatic N) is 2. The summed E-state index contributed by atoms with van der Waals surface area (Å²) in [4.78, 5) is 12.1. The first-order valence-corrected chi connectivity index (χ1v) is 9.06. The van der Waals surface area contributed by atoms with Gasteiger partial charge >= 0.3 is 0 Å². The van der Waals surface area contributed by atoms with E-state index in [1.54, 1.807) is 18.2 Å². The van der Waals surface area contributed by atoms with Crippen molar-refractivity contribution < 1.29 is 4.79 Å². The maximum Gasteiger partial charge on any atom is 0.238 e. The summed E-state index contributed by atoms with van der Waals surface area (Å²) in [6.45, 7) is 9.27. The SMILES string of the molecule is Cc1nn(CC(C)C)c(C)c1CCC(=O)NNc1ccc(Cl)c(Cl)c1. The van der Waals surface area contributed by atoms with E-state index in [-0.39, 0.29) is 5.91 Å². The van der Waals surface area contributed by atoms with Crippen LogP contribution < -0.4 is 10.9 Å². The van der Waals surface area contributed by atoms with E-state index in [1.807, 2.05) is 11.6 Å². The smallest absolute Gasteiger partial charge is 0.238 e. The highest BCUT2D eigenvalue weighted by atomic mass is 35.5. The number of carbonyl (C=O) groups excluding carboxylic acids is 1. The molecule has 0 aliphatic rings. The minimum Gasteiger partial charge on any atom is -0.299 e. The molecule has 0 radical (unpaired) electrons. The molecule has 0 bridgehead atoms. The Morgan fingerprint density at radius 1 is 1.24 bits per heavy atom. The van der Waals surface area contributed by atoms with Crippen molar-refractivity contribution in [2.75, 3.05) is 5.43 Å². The van der Waals surface area contributed by atoms with Gasteiger partial charge < -0.3 is 0 Å². The van der Waals surface area contributed by atoms with Crippen molar-refractivity contribution in [1.82, 2.24) is 15.2 Å². The van der Waals surface area contributed by atoms with Crippen molar-refractivity contribution in [3.05, 3.63) is 45.2 Å². The molecule has 25 heavy (non-hydrogen) atoms. The Bertz CT molecular complexity index is 756. The molecule has 0 saturated carbocycles. The number of nitrogens with one attached hydrogen (secondary N) is 2. The molecule has 0 atom stereocenters. The number of anilines is 1. The summed E-state index contributed by atoms with van der Waals surface area (Å²) >= 11 is 11.8. The second-order valence-corrected chi connectivity index (χ2v) is 7.34. The number of hydrogen-bond donors (Lipinski definition) is 2. The van der Waals surface area contributed by atoms with E-state index in [9.17, 15) is 4.79 Å². The van der Waals surface area contributed by atoms with E-state index < -0.39 is 0 Å². The van der Waals surface area contributed by atoms with Crippen molar-refractivity contribution in [3.63, 3.8) is 0 Å². The van der Waals surface area contributed by atoms with Crippen molar-refractivity contribution >= 4 is 34.8 Å². The van der Waals surface area contributed by atoms with Gasteiger partial charge in [-0.2, -0.15) is 5.10 Å². The molecule has 0 spiro atoms. The van der Waals surface area contributed by atoms with Gasteiger partial charge in [-0.25, -0.2) is 0 Å². The Morgan fingerprint density at radius 2 is 1.96 bits per heavy atom. The highest BCUT2D eigenvalue weighted by molar-refractivity contribution is 6.42. The predicted octanol–water partition coefficient (Wildman–Crippen LogP) is 4.54. The molecule has 0 unspecified atom stereocenters. The first-order valence-electron chi connectivity index (χ1n) is 8.30. The summed E-state index contributed by atoms with van der Waals surface area (Å²) in [7, 11) is 0. The van der Waals surface area contributed by atoms with Gasteiger partial charge in [0.25, 0.3) is 0 Å². The number of hydrazine groups is 1. The molecule has 1 amide bonds. The van der Waals surface area contributed by atoms with Gasteiger partial charge in [0.15, 0.2) is 0 Å². The lowest BCUT2D eigenvalue weighted by molar-refractivity contribution is -0.120. The van der Waals surface area contributed by atoms with E-state index in [2.05, 4.69) is 36.7 Å². The second kappa shape index (κ2) is 8.59. The van der Waals surface area contributed by atoms with Crippen LogP contribution in [0.4, 0.5) is 5.69 Å². The average molecular weight is 383 g/mol. The summed E-state index contributed by atoms with van der Waals surface area (Å²) in [6, 6.07) is 5.08. The van der Waals surface area contributed by atoms with Crippen LogP contribution in [0.1, 0.15) is 37.2 Å². The molecule has 1 aromatic carbocycles. The number of aromatic nitrogens is 2. The van der Waals surface area contributed by atoms with Crippen LogP contribution in [0.15, 0.2) is 18.2 Å². The molecule has 7 heteroatoms. The third-order valence-electron chi connectivity index (χ3n) is 3.94. The van der Waals surface area contributed by atoms with Gasteiger partial charge in [0.1, 0.15) is 0 Å². The lowest BCUT2D eigenvalue weighted by Crippen LogP contribution is -2.29. The third kappa shape index (κ3) is 5.38. The Morgan fingerprint density at radius 3 is 2.60 bits per heavy atom. The van der Waals surface area contributed by atoms with E-state index in [1.165, 1.54) is 0 Å². The van der Waals surface area contributed by atoms with Gasteiger partial charge in [-0.1, -0.05) is 37.0 Å². The number of carbonyl (C=O) groups is 1. The number of hydrogen-bond acceptors (Lipinski definition) is 3. The van der Waals surface area contributed by atoms with Gasteiger partial charge in [-0.15, -0.1) is 0 Å². The van der Waals surface area contributed by atoms with E-state index in [0.29, 0.717) is 34.5 Å². The van der Waals surface area contributed by atoms with Gasteiger partial charge in [0, 0.05) is 18.7 Å². The summed E-state index contributed by atoms with van der Waals surface area (Å²) in [5, 5.41) is 5.49. The molecule has 0 aliphatic heterocycles. The Kier molecular flexibility index (Phi) is 6.73. The first kappa shape index (κ1) is 19.6. The Hall–Kier alpha value is -1.72. The lowest BCUT2D eigenvalue weighted by atomic mass is 10.1. The number of amides is 1. The monoisotopic (exact) mass is 382 g/mol. The number of rotatable bonds is 7. The van der Waals surface area contributed by atoms with Crippen LogP contribution in [0, 0.1) is 19.8 Å². The predicted molar refractivity (Wildman–Crippen MR) is 103 cm³/mol. The van der Waals surface area contributed by atoms with Gasteiger partial charge in [0.05, 0.1) is 21.4 Å². The molecule has 0 fully saturated rings. The molecule has 0 aliphatic carbocycles. The van der Waals surface area contributed by atoms with Gasteiger partial charge in [-0.05, 0) is 49.9 Å². The summed E-state index contributed by atoms with van der Waals surface area (Å²) < 4.78 is 2.03. The van der Waals surface area contributed by atoms with Crippen LogP contribution in [0.2, 0.25) is 10.0 Å². The summed E-state index contributed by atoms with van der Waals surface area (Å²) in [5.41, 5.74) is 9.47. The average Bonchev–Trinajstić information content (AvgIpc) is 2.80. The van der Waals surface area contributed by atoms with Crippen molar-refractivity contribution in [2.45, 2.75) is 47.1 Å². The number of benzene rings is 1. The molecule has 2 N–H and O–H groups in total. The zero-order valence-electron chi connectivity index (χ0n) is 15.0. The maximum atomic E-state index is 12.1. The fourth-order valence-electron chi connectivity index (χ4n) is 2.64. The quantitative estimate of drug-likeness (QED) is 0.691. The second-order valence-electron chi connectivity index (χ2n) is 6.53. The minimum atomic E-state index is -0.0958. The minimum absolute atomic E-state index is 0.0958. The maximum absolute atomic E-state index is 12.1. The zero-order valence-corrected chi connectivity index (χ0v) is 16.5. The normalized spacial score (nSPS) is 11.0. The van der Waals surface area contributed by atoms with E-state index in [0.717, 1.165) is 23.5 Å². The molecule has 2 rings (SSSR count). The van der Waals surface area contributed by atoms with Gasteiger partial charge in [-0.3, -0.25) is 20.3 Å². The third-order valence-corrected chi connectivity index (χ3v) is 4.68. The van der Waals surface area contributed by atoms with E-state index >= 15 is 0 Å². The molecule has 1 aromatic heterocycles. The highest BCUT2D eigenvalue weighted by Crippen LogP contribution is 2.24. The standard InChI is InChI=1S/C18H24Cl2N4O/c1-11(2)10-24-13(4)15(12(3)23-24)6-8-18(25)22-21-14-5-7-16(19)17(20)9-14/h5,7,9,11,21H,6,8,10H2,1-4H3,(H,22,25). The Labute approximate surface area is 158 Å². The lowest BCUT2D eigenvalue weighted by Gasteiger charge is -2.10. The number of halogens is 2. The van der Waals surface area contributed by atoms with Crippen LogP contribution in [0.25, 0.3) is 0 Å². The fourth-order valence-corrected chi connectivity index (χ4v) is 2.93. The molecular formula is C18H24Cl2N4O. The van der Waals surface area contributed by atoms with Crippen LogP contribution in [-0.4, -0.2) is 15.7 Å². The van der Waals surface area contributed by atoms with Crippen LogP contribution >= 0.6 is 23.2 Å². The van der Waals surface area contributed by atoms with Crippen LogP contribution in [0.5, 0.6) is 0 Å². The topological polar surface area (TPSA) is 59.0 Å². The molecule has 1 heterocycles. The van der Waals surface area contributed by atoms with Crippen molar-refractivity contribution in [3.8, 4) is 0 Å². The highest BCUT2D eigenvalue weighted by Gasteiger charge is 2.13. The summed E-state index contributed by atoms with van der Waals surface area (Å²) in [6.07, 6.45) is 1.04. The molecular weight excluding hydrogens is 359 g/mol. The van der Waals surface area contributed by atoms with Crippen LogP contribution in [-0.2, 0) is 17.8 Å². The largest absolute Gasteiger partial charge is 0.299 e. The molecule has 0 saturated heterocycles. The first-order chi connectivity index (χ1) is 11.8. The van der Waals surface area contributed by atoms with E-state index in [4.69, 9.17) is 23.2 Å². The fraction of sp³-hybridized carbons (Fsp3) is 0.444. The van der Waals surface area contributed by atoms with Gasteiger partial charge in [0.2, 0.25) is 5.91 Å². The number of aryl methyl sites for hydroxylation is 1. The summed E-state index contributed by atoms with van der Waals surface area (Å²) in [5.74, 6) is 0.436. The molecule has 136 valence electrons. The van der Waals surface area contributed by atoms with Crippen molar-refractivity contribution in [1.29, 1.82) is 0 Å². The molecule has 2 aromatic rings. The van der Waals surface area contributed by atoms with Crippen molar-refractivity contribution in [2.24, 2.45) is 5.92 Å². The zero-order chi connectivity index (χ0) is 18.6. The van der Waals surface area contributed by atoms with Crippen LogP contribution in [0.3, 0.4) is 0 Å².